The van der Waals surface area contributed by atoms with E-state index in [1.165, 1.54) is 0 Å². The van der Waals surface area contributed by atoms with Crippen LogP contribution in [0.4, 0.5) is 0 Å². The monoisotopic (exact) mass is 324 g/mol. The molecule has 4 heteroatoms. The van der Waals surface area contributed by atoms with Crippen LogP contribution in [0, 0.1) is 5.92 Å². The second kappa shape index (κ2) is 7.97. The molecule has 1 saturated carbocycles. The van der Waals surface area contributed by atoms with Gasteiger partial charge in [-0.1, -0.05) is 55.0 Å². The van der Waals surface area contributed by atoms with Crippen LogP contribution in [0.1, 0.15) is 30.4 Å². The van der Waals surface area contributed by atoms with Gasteiger partial charge in [-0.05, 0) is 24.5 Å². The maximum absolute atomic E-state index is 12.3. The predicted octanol–water partition coefficient (Wildman–Crippen LogP) is 3.01. The molecule has 1 fully saturated rings. The first kappa shape index (κ1) is 16.5. The Balaban J connectivity index is 1.58. The summed E-state index contributed by atoms with van der Waals surface area (Å²) in [5.74, 6) is 0.803. The van der Waals surface area contributed by atoms with Crippen LogP contribution in [0.2, 0.25) is 0 Å². The van der Waals surface area contributed by atoms with E-state index in [2.05, 4.69) is 5.32 Å². The first-order valence-electron chi connectivity index (χ1n) is 8.52. The Morgan fingerprint density at radius 2 is 1.83 bits per heavy atom. The van der Waals surface area contributed by atoms with Crippen molar-refractivity contribution in [3.8, 4) is 5.75 Å². The number of ether oxygens (including phenoxy) is 1. The molecule has 1 aliphatic carbocycles. The molecule has 4 nitrogen and oxygen atoms in total. The zero-order valence-electron chi connectivity index (χ0n) is 13.8. The predicted molar refractivity (Wildman–Crippen MR) is 94.4 cm³/mol. The molecule has 0 spiro atoms. The molecule has 1 aliphatic rings. The molecule has 1 amide bonds. The minimum atomic E-state index is -0.0533. The van der Waals surface area contributed by atoms with Gasteiger partial charge in [-0.2, -0.15) is 0 Å². The maximum Gasteiger partial charge on any atom is 0.224 e. The standard InChI is InChI=1S/C20H24N2O2/c21-18-11-6-10-17(18)20(23)22-13-16-9-4-5-12-19(16)24-14-15-7-2-1-3-8-15/h1-5,7-9,12,17-18H,6,10-11,13-14,21H2,(H,22,23). The van der Waals surface area contributed by atoms with Gasteiger partial charge in [-0.25, -0.2) is 0 Å². The molecule has 0 bridgehead atoms. The highest BCUT2D eigenvalue weighted by Gasteiger charge is 2.29. The van der Waals surface area contributed by atoms with E-state index in [1.807, 2.05) is 54.6 Å². The SMILES string of the molecule is NC1CCCC1C(=O)NCc1ccccc1OCc1ccccc1. The van der Waals surface area contributed by atoms with Crippen LogP contribution >= 0.6 is 0 Å². The molecular weight excluding hydrogens is 300 g/mol. The molecule has 24 heavy (non-hydrogen) atoms. The number of carbonyl (C=O) groups excluding carboxylic acids is 1. The lowest BCUT2D eigenvalue weighted by Gasteiger charge is -2.16. The van der Waals surface area contributed by atoms with Gasteiger partial charge in [0.2, 0.25) is 5.91 Å². The van der Waals surface area contributed by atoms with Crippen LogP contribution in [0.3, 0.4) is 0 Å². The second-order valence-electron chi connectivity index (χ2n) is 6.30. The first-order valence-corrected chi connectivity index (χ1v) is 8.52. The van der Waals surface area contributed by atoms with Gasteiger partial charge < -0.3 is 15.8 Å². The van der Waals surface area contributed by atoms with Gasteiger partial charge in [0.05, 0.1) is 5.92 Å². The number of benzene rings is 2. The van der Waals surface area contributed by atoms with Crippen molar-refractivity contribution in [3.05, 3.63) is 65.7 Å². The van der Waals surface area contributed by atoms with E-state index in [1.54, 1.807) is 0 Å². The van der Waals surface area contributed by atoms with Crippen LogP contribution < -0.4 is 15.8 Å². The van der Waals surface area contributed by atoms with E-state index in [9.17, 15) is 4.79 Å². The van der Waals surface area contributed by atoms with Crippen molar-refractivity contribution in [1.82, 2.24) is 5.32 Å². The number of hydrogen-bond acceptors (Lipinski definition) is 3. The molecule has 126 valence electrons. The zero-order chi connectivity index (χ0) is 16.8. The van der Waals surface area contributed by atoms with Crippen LogP contribution in [-0.4, -0.2) is 11.9 Å². The van der Waals surface area contributed by atoms with E-state index in [0.717, 1.165) is 36.1 Å². The molecule has 3 rings (SSSR count). The number of amides is 1. The molecule has 0 aliphatic heterocycles. The molecule has 0 saturated heterocycles. The lowest BCUT2D eigenvalue weighted by atomic mass is 10.0. The Hall–Kier alpha value is -2.33. The number of hydrogen-bond donors (Lipinski definition) is 2. The van der Waals surface area contributed by atoms with Gasteiger partial charge in [-0.3, -0.25) is 4.79 Å². The molecular formula is C20H24N2O2. The minimum absolute atomic E-state index is 0.00502. The fourth-order valence-corrected chi connectivity index (χ4v) is 3.15. The van der Waals surface area contributed by atoms with Crippen LogP contribution in [0.25, 0.3) is 0 Å². The molecule has 0 aromatic heterocycles. The summed E-state index contributed by atoms with van der Waals surface area (Å²) in [5.41, 5.74) is 8.10. The second-order valence-corrected chi connectivity index (χ2v) is 6.30. The van der Waals surface area contributed by atoms with Gasteiger partial charge in [0, 0.05) is 18.2 Å². The maximum atomic E-state index is 12.3. The Morgan fingerprint density at radius 1 is 1.08 bits per heavy atom. The van der Waals surface area contributed by atoms with Crippen molar-refractivity contribution in [2.75, 3.05) is 0 Å². The summed E-state index contributed by atoms with van der Waals surface area (Å²) in [7, 11) is 0. The third kappa shape index (κ3) is 4.15. The van der Waals surface area contributed by atoms with Crippen molar-refractivity contribution in [2.45, 2.75) is 38.5 Å². The minimum Gasteiger partial charge on any atom is -0.489 e. The summed E-state index contributed by atoms with van der Waals surface area (Å²) < 4.78 is 5.93. The molecule has 2 aromatic carbocycles. The Kier molecular flexibility index (Phi) is 5.49. The molecule has 3 N–H and O–H groups in total. The van der Waals surface area contributed by atoms with Crippen molar-refractivity contribution < 1.29 is 9.53 Å². The highest BCUT2D eigenvalue weighted by atomic mass is 16.5. The van der Waals surface area contributed by atoms with Crippen LogP contribution in [0.15, 0.2) is 54.6 Å². The quantitative estimate of drug-likeness (QED) is 0.858. The average Bonchev–Trinajstić information content (AvgIpc) is 3.05. The molecule has 0 heterocycles. The largest absolute Gasteiger partial charge is 0.489 e. The normalized spacial score (nSPS) is 19.9. The van der Waals surface area contributed by atoms with Crippen molar-refractivity contribution in [2.24, 2.45) is 11.7 Å². The number of para-hydroxylation sites is 1. The van der Waals surface area contributed by atoms with Gasteiger partial charge >= 0.3 is 0 Å². The van der Waals surface area contributed by atoms with E-state index in [-0.39, 0.29) is 17.9 Å². The molecule has 2 unspecified atom stereocenters. The number of nitrogens with two attached hydrogens (primary N) is 1. The summed E-state index contributed by atoms with van der Waals surface area (Å²) >= 11 is 0. The Bertz CT molecular complexity index is 672. The number of carbonyl (C=O) groups is 1. The number of rotatable bonds is 6. The summed E-state index contributed by atoms with van der Waals surface area (Å²) in [5, 5.41) is 3.01. The topological polar surface area (TPSA) is 64.4 Å². The highest BCUT2D eigenvalue weighted by Crippen LogP contribution is 2.24. The Morgan fingerprint density at radius 3 is 2.58 bits per heavy atom. The first-order chi connectivity index (χ1) is 11.7. The lowest BCUT2D eigenvalue weighted by Crippen LogP contribution is -2.38. The lowest BCUT2D eigenvalue weighted by molar-refractivity contribution is -0.125. The van der Waals surface area contributed by atoms with Gasteiger partial charge in [0.25, 0.3) is 0 Å². The summed E-state index contributed by atoms with van der Waals surface area (Å²) in [6.45, 7) is 0.978. The van der Waals surface area contributed by atoms with Crippen molar-refractivity contribution in [3.63, 3.8) is 0 Å². The molecule has 2 aromatic rings. The van der Waals surface area contributed by atoms with Gasteiger partial charge in [0.1, 0.15) is 12.4 Å². The van der Waals surface area contributed by atoms with E-state index in [0.29, 0.717) is 13.2 Å². The average molecular weight is 324 g/mol. The van der Waals surface area contributed by atoms with E-state index in [4.69, 9.17) is 10.5 Å². The fourth-order valence-electron chi connectivity index (χ4n) is 3.15. The summed E-state index contributed by atoms with van der Waals surface area (Å²) in [6, 6.07) is 17.9. The summed E-state index contributed by atoms with van der Waals surface area (Å²) in [4.78, 5) is 12.3. The summed E-state index contributed by atoms with van der Waals surface area (Å²) in [6.07, 6.45) is 2.87. The van der Waals surface area contributed by atoms with Crippen molar-refractivity contribution in [1.29, 1.82) is 0 Å². The fraction of sp³-hybridized carbons (Fsp3) is 0.350. The third-order valence-electron chi connectivity index (χ3n) is 4.57. The molecule has 2 atom stereocenters. The highest BCUT2D eigenvalue weighted by molar-refractivity contribution is 5.79. The third-order valence-corrected chi connectivity index (χ3v) is 4.57. The van der Waals surface area contributed by atoms with Crippen molar-refractivity contribution >= 4 is 5.91 Å². The van der Waals surface area contributed by atoms with E-state index >= 15 is 0 Å². The van der Waals surface area contributed by atoms with Crippen LogP contribution in [0.5, 0.6) is 5.75 Å². The zero-order valence-corrected chi connectivity index (χ0v) is 13.8. The van der Waals surface area contributed by atoms with Crippen LogP contribution in [-0.2, 0) is 17.9 Å². The smallest absolute Gasteiger partial charge is 0.224 e. The number of nitrogens with one attached hydrogen (secondary N) is 1. The van der Waals surface area contributed by atoms with Gasteiger partial charge in [-0.15, -0.1) is 0 Å². The molecule has 0 radical (unpaired) electrons. The van der Waals surface area contributed by atoms with E-state index < -0.39 is 0 Å². The Labute approximate surface area is 143 Å². The van der Waals surface area contributed by atoms with Gasteiger partial charge in [0.15, 0.2) is 0 Å².